The van der Waals surface area contributed by atoms with Crippen molar-refractivity contribution in [2.75, 3.05) is 19.7 Å². The number of pyridine rings is 1. The molecule has 1 spiro atoms. The predicted octanol–water partition coefficient (Wildman–Crippen LogP) is 2.96. The fourth-order valence-electron chi connectivity index (χ4n) is 3.41. The monoisotopic (exact) mass is 316 g/mol. The van der Waals surface area contributed by atoms with Crippen LogP contribution >= 0.6 is 11.3 Å². The van der Waals surface area contributed by atoms with E-state index >= 15 is 0 Å². The normalized spacial score (nSPS) is 24.1. The summed E-state index contributed by atoms with van der Waals surface area (Å²) in [6.07, 6.45) is 3.90. The number of hydrogen-bond acceptors (Lipinski definition) is 5. The number of hydrogen-bond donors (Lipinski definition) is 0. The lowest BCUT2D eigenvalue weighted by molar-refractivity contribution is -0.188. The Kier molecular flexibility index (Phi) is 3.86. The molecule has 0 bridgehead atoms. The number of aromatic nitrogens is 1. The SMILES string of the molecule is c1ccc(O[C@H]2CCOC3(C2)CN(Cc2ccsc2)C3)nc1. The van der Waals surface area contributed by atoms with Crippen LogP contribution in [-0.4, -0.2) is 41.3 Å². The molecule has 1 atom stereocenters. The zero-order valence-electron chi connectivity index (χ0n) is 12.5. The summed E-state index contributed by atoms with van der Waals surface area (Å²) in [6.45, 7) is 3.82. The van der Waals surface area contributed by atoms with Crippen LogP contribution in [0.1, 0.15) is 18.4 Å². The van der Waals surface area contributed by atoms with Gasteiger partial charge in [-0.15, -0.1) is 0 Å². The lowest BCUT2D eigenvalue weighted by Gasteiger charge is -2.53. The Labute approximate surface area is 134 Å². The van der Waals surface area contributed by atoms with Crippen LogP contribution in [0.2, 0.25) is 0 Å². The molecule has 116 valence electrons. The Hall–Kier alpha value is -1.43. The molecular formula is C17H20N2O2S. The average Bonchev–Trinajstić information content (AvgIpc) is 3.00. The van der Waals surface area contributed by atoms with Gasteiger partial charge in [0.05, 0.1) is 12.2 Å². The Balaban J connectivity index is 1.32. The highest BCUT2D eigenvalue weighted by molar-refractivity contribution is 7.07. The third-order valence-corrected chi connectivity index (χ3v) is 5.11. The van der Waals surface area contributed by atoms with Gasteiger partial charge in [0.1, 0.15) is 6.10 Å². The molecule has 0 unspecified atom stereocenters. The van der Waals surface area contributed by atoms with Crippen LogP contribution in [-0.2, 0) is 11.3 Å². The van der Waals surface area contributed by atoms with Gasteiger partial charge in [0.25, 0.3) is 0 Å². The highest BCUT2D eigenvalue weighted by atomic mass is 32.1. The molecule has 0 aromatic carbocycles. The molecule has 2 fully saturated rings. The van der Waals surface area contributed by atoms with Crippen LogP contribution < -0.4 is 4.74 Å². The van der Waals surface area contributed by atoms with Gasteiger partial charge in [-0.3, -0.25) is 4.90 Å². The Bertz CT molecular complexity index is 596. The van der Waals surface area contributed by atoms with Crippen molar-refractivity contribution in [3.05, 3.63) is 46.8 Å². The van der Waals surface area contributed by atoms with E-state index in [0.717, 1.165) is 45.0 Å². The molecule has 0 saturated carbocycles. The van der Waals surface area contributed by atoms with Gasteiger partial charge in [0, 0.05) is 44.7 Å². The van der Waals surface area contributed by atoms with Crippen LogP contribution in [0.25, 0.3) is 0 Å². The maximum Gasteiger partial charge on any atom is 0.213 e. The van der Waals surface area contributed by atoms with Crippen molar-refractivity contribution in [3.63, 3.8) is 0 Å². The molecule has 2 aromatic rings. The molecule has 0 N–H and O–H groups in total. The van der Waals surface area contributed by atoms with Crippen molar-refractivity contribution in [2.45, 2.75) is 31.1 Å². The highest BCUT2D eigenvalue weighted by Gasteiger charge is 2.48. The molecule has 0 radical (unpaired) electrons. The molecule has 2 aliphatic rings. The van der Waals surface area contributed by atoms with Crippen molar-refractivity contribution in [2.24, 2.45) is 0 Å². The van der Waals surface area contributed by atoms with Crippen molar-refractivity contribution in [1.82, 2.24) is 9.88 Å². The summed E-state index contributed by atoms with van der Waals surface area (Å²) in [7, 11) is 0. The van der Waals surface area contributed by atoms with E-state index < -0.39 is 0 Å². The van der Waals surface area contributed by atoms with E-state index in [4.69, 9.17) is 9.47 Å². The van der Waals surface area contributed by atoms with Crippen LogP contribution in [0.4, 0.5) is 0 Å². The second kappa shape index (κ2) is 5.99. The van der Waals surface area contributed by atoms with Crippen LogP contribution in [0.3, 0.4) is 0 Å². The Morgan fingerprint density at radius 2 is 2.32 bits per heavy atom. The topological polar surface area (TPSA) is 34.6 Å². The van der Waals surface area contributed by atoms with Crippen molar-refractivity contribution < 1.29 is 9.47 Å². The number of nitrogens with zero attached hydrogens (tertiary/aromatic N) is 2. The first-order chi connectivity index (χ1) is 10.8. The van der Waals surface area contributed by atoms with E-state index in [1.807, 2.05) is 18.2 Å². The quantitative estimate of drug-likeness (QED) is 0.868. The molecular weight excluding hydrogens is 296 g/mol. The first-order valence-electron chi connectivity index (χ1n) is 7.76. The van der Waals surface area contributed by atoms with Crippen molar-refractivity contribution >= 4 is 11.3 Å². The van der Waals surface area contributed by atoms with E-state index in [-0.39, 0.29) is 11.7 Å². The zero-order valence-corrected chi connectivity index (χ0v) is 13.3. The summed E-state index contributed by atoms with van der Waals surface area (Å²) in [6, 6.07) is 7.99. The molecule has 0 amide bonds. The second-order valence-electron chi connectivity index (χ2n) is 6.21. The van der Waals surface area contributed by atoms with Gasteiger partial charge < -0.3 is 9.47 Å². The van der Waals surface area contributed by atoms with Gasteiger partial charge in [0.15, 0.2) is 0 Å². The molecule has 5 heteroatoms. The summed E-state index contributed by atoms with van der Waals surface area (Å²) in [5.74, 6) is 0.721. The minimum atomic E-state index is -0.00623. The largest absolute Gasteiger partial charge is 0.474 e. The second-order valence-corrected chi connectivity index (χ2v) is 6.99. The lowest BCUT2D eigenvalue weighted by atomic mass is 9.84. The maximum atomic E-state index is 6.08. The first-order valence-corrected chi connectivity index (χ1v) is 8.71. The van der Waals surface area contributed by atoms with E-state index in [1.54, 1.807) is 17.5 Å². The summed E-state index contributed by atoms with van der Waals surface area (Å²) in [5, 5.41) is 4.36. The molecule has 2 saturated heterocycles. The standard InChI is InChI=1S/C17H20N2O2S/c1-2-6-18-16(3-1)21-15-4-7-20-17(9-15)12-19(13-17)10-14-5-8-22-11-14/h1-3,5-6,8,11,15H,4,7,9-10,12-13H2/t15-/m0/s1. The Morgan fingerprint density at radius 3 is 3.09 bits per heavy atom. The van der Waals surface area contributed by atoms with Crippen LogP contribution in [0.15, 0.2) is 41.2 Å². The van der Waals surface area contributed by atoms with E-state index in [0.29, 0.717) is 0 Å². The number of likely N-dealkylation sites (tertiary alicyclic amines) is 1. The molecule has 4 nitrogen and oxygen atoms in total. The van der Waals surface area contributed by atoms with E-state index in [1.165, 1.54) is 5.56 Å². The number of thiophene rings is 1. The third-order valence-electron chi connectivity index (χ3n) is 4.38. The van der Waals surface area contributed by atoms with Crippen molar-refractivity contribution in [1.29, 1.82) is 0 Å². The summed E-state index contributed by atoms with van der Waals surface area (Å²) < 4.78 is 12.1. The van der Waals surface area contributed by atoms with E-state index in [9.17, 15) is 0 Å². The smallest absolute Gasteiger partial charge is 0.213 e. The summed E-state index contributed by atoms with van der Waals surface area (Å²) in [4.78, 5) is 6.71. The van der Waals surface area contributed by atoms with Crippen molar-refractivity contribution in [3.8, 4) is 5.88 Å². The minimum absolute atomic E-state index is 0.00623. The maximum absolute atomic E-state index is 6.08. The predicted molar refractivity (Wildman–Crippen MR) is 86.2 cm³/mol. The van der Waals surface area contributed by atoms with Crippen LogP contribution in [0.5, 0.6) is 5.88 Å². The zero-order chi connectivity index (χ0) is 14.8. The minimum Gasteiger partial charge on any atom is -0.474 e. The van der Waals surface area contributed by atoms with Crippen LogP contribution in [0, 0.1) is 0 Å². The number of ether oxygens (including phenoxy) is 2. The van der Waals surface area contributed by atoms with Gasteiger partial charge in [0.2, 0.25) is 5.88 Å². The molecule has 2 aliphatic heterocycles. The van der Waals surface area contributed by atoms with Gasteiger partial charge in [-0.25, -0.2) is 4.98 Å². The molecule has 0 aliphatic carbocycles. The fraction of sp³-hybridized carbons (Fsp3) is 0.471. The highest BCUT2D eigenvalue weighted by Crippen LogP contribution is 2.36. The van der Waals surface area contributed by atoms with Gasteiger partial charge in [-0.2, -0.15) is 11.3 Å². The first kappa shape index (κ1) is 14.2. The molecule has 4 heterocycles. The molecule has 22 heavy (non-hydrogen) atoms. The third kappa shape index (κ3) is 3.02. The van der Waals surface area contributed by atoms with Gasteiger partial charge in [-0.1, -0.05) is 6.07 Å². The summed E-state index contributed by atoms with van der Waals surface area (Å²) >= 11 is 1.76. The van der Waals surface area contributed by atoms with Gasteiger partial charge >= 0.3 is 0 Å². The number of rotatable bonds is 4. The molecule has 2 aromatic heterocycles. The molecule has 4 rings (SSSR count). The van der Waals surface area contributed by atoms with Gasteiger partial charge in [-0.05, 0) is 28.5 Å². The van der Waals surface area contributed by atoms with E-state index in [2.05, 4.69) is 26.7 Å². The fourth-order valence-corrected chi connectivity index (χ4v) is 4.07. The summed E-state index contributed by atoms with van der Waals surface area (Å²) in [5.41, 5.74) is 1.39. The lowest BCUT2D eigenvalue weighted by Crippen LogP contribution is -2.65. The Morgan fingerprint density at radius 1 is 1.36 bits per heavy atom. The average molecular weight is 316 g/mol.